The van der Waals surface area contributed by atoms with Crippen molar-refractivity contribution in [3.05, 3.63) is 30.1 Å². The molecule has 2 rings (SSSR count). The summed E-state index contributed by atoms with van der Waals surface area (Å²) in [6.45, 7) is 6.68. The van der Waals surface area contributed by atoms with Gasteiger partial charge in [0.05, 0.1) is 13.2 Å². The van der Waals surface area contributed by atoms with Crippen LogP contribution in [0.2, 0.25) is 0 Å². The molecule has 144 valence electrons. The Morgan fingerprint density at radius 2 is 2.08 bits per heavy atom. The lowest BCUT2D eigenvalue weighted by Crippen LogP contribution is -2.50. The predicted octanol–water partition coefficient (Wildman–Crippen LogP) is 0.811. The summed E-state index contributed by atoms with van der Waals surface area (Å²) >= 11 is 5.11. The molecule has 0 aromatic heterocycles. The van der Waals surface area contributed by atoms with Crippen LogP contribution in [0.25, 0.3) is 0 Å². The molecule has 1 atom stereocenters. The number of morpholine rings is 1. The van der Waals surface area contributed by atoms with Crippen LogP contribution in [0.15, 0.2) is 24.3 Å². The molecule has 1 aliphatic heterocycles. The number of hydrogen-bond donors (Lipinski definition) is 3. The predicted molar refractivity (Wildman–Crippen MR) is 100 cm³/mol. The monoisotopic (exact) mass is 384 g/mol. The third kappa shape index (κ3) is 7.11. The summed E-state index contributed by atoms with van der Waals surface area (Å²) in [6, 6.07) is 5.93. The topological polar surface area (TPSA) is 74.9 Å². The lowest BCUT2D eigenvalue weighted by Gasteiger charge is -2.26. The number of benzene rings is 1. The van der Waals surface area contributed by atoms with Crippen LogP contribution in [-0.2, 0) is 9.53 Å². The Balaban J connectivity index is 1.58. The van der Waals surface area contributed by atoms with Crippen LogP contribution in [0.4, 0.5) is 4.39 Å². The largest absolute Gasteiger partial charge is 0.478 e. The number of nitrogens with one attached hydrogen (secondary N) is 3. The summed E-state index contributed by atoms with van der Waals surface area (Å²) in [7, 11) is 0. The number of thiocarbonyl (C=S) groups is 1. The number of hydrogen-bond acceptors (Lipinski definition) is 5. The summed E-state index contributed by atoms with van der Waals surface area (Å²) in [5, 5.41) is 3.34. The van der Waals surface area contributed by atoms with Crippen molar-refractivity contribution >= 4 is 23.2 Å². The van der Waals surface area contributed by atoms with Crippen molar-refractivity contribution in [2.45, 2.75) is 19.4 Å². The van der Waals surface area contributed by atoms with Crippen molar-refractivity contribution in [1.82, 2.24) is 21.1 Å². The van der Waals surface area contributed by atoms with Crippen LogP contribution in [0, 0.1) is 5.82 Å². The number of halogens is 1. The van der Waals surface area contributed by atoms with Crippen LogP contribution in [0.5, 0.6) is 5.75 Å². The van der Waals surface area contributed by atoms with Crippen molar-refractivity contribution in [2.24, 2.45) is 0 Å². The van der Waals surface area contributed by atoms with Crippen molar-refractivity contribution in [1.29, 1.82) is 0 Å². The molecule has 3 N–H and O–H groups in total. The molecular formula is C17H25FN4O3S. The van der Waals surface area contributed by atoms with Crippen LogP contribution < -0.4 is 20.9 Å². The number of amides is 1. The smallest absolute Gasteiger partial charge is 0.279 e. The Hall–Kier alpha value is -1.97. The standard InChI is InChI=1S/C17H25FN4O3S/c1-13(25-15-6-3-2-5-14(15)18)16(23)20-21-17(26)19-7-4-8-22-9-11-24-12-10-22/h2-3,5-6,13H,4,7-12H2,1H3,(H,20,23)(H2,19,21,26)/t13-/m1/s1. The maximum absolute atomic E-state index is 13.5. The molecule has 1 fully saturated rings. The second-order valence-corrected chi connectivity index (χ2v) is 6.28. The Morgan fingerprint density at radius 3 is 2.81 bits per heavy atom. The van der Waals surface area contributed by atoms with Gasteiger partial charge in [-0.1, -0.05) is 12.1 Å². The number of rotatable bonds is 7. The Morgan fingerprint density at radius 1 is 1.35 bits per heavy atom. The third-order valence-corrected chi connectivity index (χ3v) is 4.10. The average Bonchev–Trinajstić information content (AvgIpc) is 2.66. The van der Waals surface area contributed by atoms with Gasteiger partial charge in [0.1, 0.15) is 0 Å². The van der Waals surface area contributed by atoms with Gasteiger partial charge in [0.15, 0.2) is 22.8 Å². The minimum absolute atomic E-state index is 0.0268. The zero-order valence-electron chi connectivity index (χ0n) is 14.8. The number of nitrogens with zero attached hydrogens (tertiary/aromatic N) is 1. The van der Waals surface area contributed by atoms with Gasteiger partial charge in [0.25, 0.3) is 5.91 Å². The molecular weight excluding hydrogens is 359 g/mol. The number of carbonyl (C=O) groups is 1. The lowest BCUT2D eigenvalue weighted by atomic mass is 10.3. The zero-order valence-corrected chi connectivity index (χ0v) is 15.6. The maximum atomic E-state index is 13.5. The third-order valence-electron chi connectivity index (χ3n) is 3.85. The summed E-state index contributed by atoms with van der Waals surface area (Å²) in [5.41, 5.74) is 5.06. The minimum Gasteiger partial charge on any atom is -0.478 e. The Labute approximate surface area is 158 Å². The first kappa shape index (κ1) is 20.3. The molecule has 1 aromatic rings. The van der Waals surface area contributed by atoms with E-state index < -0.39 is 17.8 Å². The molecule has 0 radical (unpaired) electrons. The number of hydrazine groups is 1. The van der Waals surface area contributed by atoms with E-state index in [1.807, 2.05) is 0 Å². The number of para-hydroxylation sites is 1. The van der Waals surface area contributed by atoms with Crippen molar-refractivity contribution in [3.63, 3.8) is 0 Å². The highest BCUT2D eigenvalue weighted by molar-refractivity contribution is 7.80. The van der Waals surface area contributed by atoms with Gasteiger partial charge in [-0.25, -0.2) is 4.39 Å². The molecule has 0 saturated carbocycles. The van der Waals surface area contributed by atoms with Crippen LogP contribution in [0.1, 0.15) is 13.3 Å². The fourth-order valence-corrected chi connectivity index (χ4v) is 2.53. The molecule has 1 aromatic carbocycles. The minimum atomic E-state index is -0.872. The molecule has 9 heteroatoms. The zero-order chi connectivity index (χ0) is 18.8. The average molecular weight is 384 g/mol. The number of carbonyl (C=O) groups excluding carboxylic acids is 1. The summed E-state index contributed by atoms with van der Waals surface area (Å²) in [6.07, 6.45) is 0.0614. The molecule has 0 aliphatic carbocycles. The van der Waals surface area contributed by atoms with Gasteiger partial charge >= 0.3 is 0 Å². The van der Waals surface area contributed by atoms with E-state index in [4.69, 9.17) is 21.7 Å². The molecule has 0 bridgehead atoms. The van der Waals surface area contributed by atoms with E-state index in [-0.39, 0.29) is 5.75 Å². The quantitative estimate of drug-likeness (QED) is 0.365. The maximum Gasteiger partial charge on any atom is 0.279 e. The molecule has 1 aliphatic rings. The highest BCUT2D eigenvalue weighted by atomic mass is 32.1. The van der Waals surface area contributed by atoms with Gasteiger partial charge in [-0.05, 0) is 44.2 Å². The van der Waals surface area contributed by atoms with Crippen LogP contribution in [0.3, 0.4) is 0 Å². The fourth-order valence-electron chi connectivity index (χ4n) is 2.38. The van der Waals surface area contributed by atoms with E-state index in [2.05, 4.69) is 21.1 Å². The summed E-state index contributed by atoms with van der Waals surface area (Å²) < 4.78 is 24.1. The van der Waals surface area contributed by atoms with Crippen LogP contribution in [-0.4, -0.2) is 61.4 Å². The summed E-state index contributed by atoms with van der Waals surface area (Å²) in [4.78, 5) is 14.3. The van der Waals surface area contributed by atoms with E-state index in [0.717, 1.165) is 39.3 Å². The van der Waals surface area contributed by atoms with Crippen molar-refractivity contribution in [2.75, 3.05) is 39.4 Å². The summed E-state index contributed by atoms with van der Waals surface area (Å²) in [5.74, 6) is -0.942. The van der Waals surface area contributed by atoms with Crippen molar-refractivity contribution < 1.29 is 18.7 Å². The van der Waals surface area contributed by atoms with Crippen molar-refractivity contribution in [3.8, 4) is 5.75 Å². The van der Waals surface area contributed by atoms with Gasteiger partial charge in [-0.3, -0.25) is 20.5 Å². The number of ether oxygens (including phenoxy) is 2. The first-order chi connectivity index (χ1) is 12.6. The molecule has 0 unspecified atom stereocenters. The molecule has 7 nitrogen and oxygen atoms in total. The molecule has 0 spiro atoms. The van der Waals surface area contributed by atoms with E-state index in [9.17, 15) is 9.18 Å². The SMILES string of the molecule is C[C@@H](Oc1ccccc1F)C(=O)NNC(=S)NCCCN1CCOCC1. The van der Waals surface area contributed by atoms with Gasteiger partial charge in [-0.15, -0.1) is 0 Å². The lowest BCUT2D eigenvalue weighted by molar-refractivity contribution is -0.127. The molecule has 26 heavy (non-hydrogen) atoms. The molecule has 1 amide bonds. The second-order valence-electron chi connectivity index (χ2n) is 5.87. The first-order valence-corrected chi connectivity index (χ1v) is 9.02. The van der Waals surface area contributed by atoms with Crippen LogP contribution >= 0.6 is 12.2 Å². The highest BCUT2D eigenvalue weighted by Crippen LogP contribution is 2.16. The van der Waals surface area contributed by atoms with Gasteiger partial charge in [-0.2, -0.15) is 0 Å². The van der Waals surface area contributed by atoms with E-state index in [0.29, 0.717) is 11.7 Å². The first-order valence-electron chi connectivity index (χ1n) is 8.61. The second kappa shape index (κ2) is 10.9. The highest BCUT2D eigenvalue weighted by Gasteiger charge is 2.16. The Bertz CT molecular complexity index is 599. The molecule has 1 saturated heterocycles. The normalized spacial score (nSPS) is 15.8. The van der Waals surface area contributed by atoms with E-state index in [1.165, 1.54) is 19.1 Å². The van der Waals surface area contributed by atoms with E-state index >= 15 is 0 Å². The Kier molecular flexibility index (Phi) is 8.52. The van der Waals surface area contributed by atoms with Gasteiger partial charge in [0, 0.05) is 19.6 Å². The fraction of sp³-hybridized carbons (Fsp3) is 0.529. The van der Waals surface area contributed by atoms with E-state index in [1.54, 1.807) is 12.1 Å². The van der Waals surface area contributed by atoms with Gasteiger partial charge in [0.2, 0.25) is 0 Å². The van der Waals surface area contributed by atoms with Gasteiger partial charge < -0.3 is 14.8 Å². The molecule has 1 heterocycles.